The van der Waals surface area contributed by atoms with Gasteiger partial charge in [-0.25, -0.2) is 0 Å². The minimum Gasteiger partial charge on any atom is -0.393 e. The first-order chi connectivity index (χ1) is 14.0. The van der Waals surface area contributed by atoms with Gasteiger partial charge >= 0.3 is 0 Å². The van der Waals surface area contributed by atoms with Crippen molar-refractivity contribution in [2.75, 3.05) is 0 Å². The molecule has 170 valence electrons. The second-order valence-corrected chi connectivity index (χ2v) is 13.1. The molecular weight excluding hydrogens is 372 g/mol. The van der Waals surface area contributed by atoms with Gasteiger partial charge in [-0.2, -0.15) is 0 Å². The van der Waals surface area contributed by atoms with Gasteiger partial charge in [0.25, 0.3) is 0 Å². The Bertz CT molecular complexity index is 700. The Morgan fingerprint density at radius 3 is 2.57 bits per heavy atom. The zero-order valence-corrected chi connectivity index (χ0v) is 19.6. The van der Waals surface area contributed by atoms with Gasteiger partial charge < -0.3 is 14.9 Å². The van der Waals surface area contributed by atoms with Crippen molar-refractivity contribution in [1.29, 1.82) is 0 Å². The molecule has 5 fully saturated rings. The molecular formula is C27H44O3. The van der Waals surface area contributed by atoms with Crippen molar-refractivity contribution in [1.82, 2.24) is 0 Å². The predicted molar refractivity (Wildman–Crippen MR) is 120 cm³/mol. The third-order valence-electron chi connectivity index (χ3n) is 10.3. The highest BCUT2D eigenvalue weighted by molar-refractivity contribution is 5.22. The van der Waals surface area contributed by atoms with Crippen LogP contribution in [0.2, 0.25) is 0 Å². The summed E-state index contributed by atoms with van der Waals surface area (Å²) in [6, 6.07) is 0. The Hall–Kier alpha value is -0.380. The Morgan fingerprint density at radius 2 is 1.83 bits per heavy atom. The van der Waals surface area contributed by atoms with Crippen LogP contribution in [-0.2, 0) is 4.74 Å². The van der Waals surface area contributed by atoms with Gasteiger partial charge in [0.15, 0.2) is 0 Å². The van der Waals surface area contributed by atoms with Crippen LogP contribution in [0.3, 0.4) is 0 Å². The van der Waals surface area contributed by atoms with E-state index < -0.39 is 5.60 Å². The molecule has 0 radical (unpaired) electrons. The van der Waals surface area contributed by atoms with Gasteiger partial charge in [0.1, 0.15) is 0 Å². The van der Waals surface area contributed by atoms with E-state index in [4.69, 9.17) is 4.74 Å². The quantitative estimate of drug-likeness (QED) is 0.453. The molecule has 0 aromatic carbocycles. The highest BCUT2D eigenvalue weighted by Crippen LogP contribution is 2.66. The van der Waals surface area contributed by atoms with Gasteiger partial charge in [-0.15, -0.1) is 0 Å². The molecule has 8 unspecified atom stereocenters. The van der Waals surface area contributed by atoms with Crippen molar-refractivity contribution < 1.29 is 14.9 Å². The van der Waals surface area contributed by atoms with Gasteiger partial charge in [-0.05, 0) is 107 Å². The van der Waals surface area contributed by atoms with Crippen LogP contribution in [0.4, 0.5) is 0 Å². The van der Waals surface area contributed by atoms with Crippen LogP contribution < -0.4 is 0 Å². The zero-order valence-electron chi connectivity index (χ0n) is 19.6. The van der Waals surface area contributed by atoms with E-state index in [9.17, 15) is 10.2 Å². The topological polar surface area (TPSA) is 53.0 Å². The number of aliphatic hydroxyl groups excluding tert-OH is 1. The number of rotatable bonds is 3. The van der Waals surface area contributed by atoms with Gasteiger partial charge in [0.2, 0.25) is 0 Å². The van der Waals surface area contributed by atoms with E-state index in [1.807, 2.05) is 0 Å². The first-order valence-electron chi connectivity index (χ1n) is 12.8. The standard InChI is InChI=1S/C27H44O3/c1-18-14-26(23-25(4,30-23)11-9-22-21(18)17-24(22,2)3)12-7-19(15-26)8-13-27(29)10-5-6-20(28)16-27/h19-23,28-29H,1,5-17H2,2-4H3. The summed E-state index contributed by atoms with van der Waals surface area (Å²) in [5, 5.41) is 21.0. The molecule has 2 N–H and O–H groups in total. The summed E-state index contributed by atoms with van der Waals surface area (Å²) < 4.78 is 6.50. The molecule has 1 heterocycles. The molecule has 3 nitrogen and oxygen atoms in total. The summed E-state index contributed by atoms with van der Waals surface area (Å²) in [6.45, 7) is 11.9. The van der Waals surface area contributed by atoms with E-state index in [2.05, 4.69) is 27.4 Å². The first-order valence-corrected chi connectivity index (χ1v) is 12.8. The lowest BCUT2D eigenvalue weighted by Crippen LogP contribution is -2.45. The van der Waals surface area contributed by atoms with Crippen LogP contribution in [0.25, 0.3) is 0 Å². The number of ether oxygens (including phenoxy) is 1. The molecule has 3 heteroatoms. The Labute approximate surface area is 183 Å². The van der Waals surface area contributed by atoms with Gasteiger partial charge in [-0.3, -0.25) is 0 Å². The van der Waals surface area contributed by atoms with E-state index in [1.165, 1.54) is 44.1 Å². The summed E-state index contributed by atoms with van der Waals surface area (Å²) in [4.78, 5) is 0. The molecule has 0 aromatic rings. The molecule has 5 aliphatic rings. The molecule has 1 saturated heterocycles. The minimum atomic E-state index is -0.634. The highest BCUT2D eigenvalue weighted by Gasteiger charge is 2.65. The largest absolute Gasteiger partial charge is 0.393 e. The number of fused-ring (bicyclic) bond motifs is 3. The Balaban J connectivity index is 1.27. The predicted octanol–water partition coefficient (Wildman–Crippen LogP) is 5.78. The normalized spacial score (nSPS) is 52.6. The molecule has 0 aromatic heterocycles. The number of hydrogen-bond acceptors (Lipinski definition) is 3. The van der Waals surface area contributed by atoms with E-state index in [0.717, 1.165) is 50.4 Å². The third kappa shape index (κ3) is 3.61. The maximum absolute atomic E-state index is 11.0. The lowest BCUT2D eigenvalue weighted by molar-refractivity contribution is -0.0539. The molecule has 4 aliphatic carbocycles. The minimum absolute atomic E-state index is 0.0847. The van der Waals surface area contributed by atoms with E-state index >= 15 is 0 Å². The van der Waals surface area contributed by atoms with E-state index in [-0.39, 0.29) is 17.1 Å². The SMILES string of the molecule is C=C1CC2(CCC(CCC3(O)CCCC(O)C3)C2)C2OC2(C)CCC2C1CC2(C)C. The Kier molecular flexibility index (Phi) is 5.05. The summed E-state index contributed by atoms with van der Waals surface area (Å²) in [6.07, 6.45) is 14.0. The smallest absolute Gasteiger partial charge is 0.0930 e. The fraction of sp³-hybridized carbons (Fsp3) is 0.926. The second-order valence-electron chi connectivity index (χ2n) is 13.1. The first kappa shape index (κ1) is 21.5. The molecule has 30 heavy (non-hydrogen) atoms. The molecule has 4 saturated carbocycles. The summed E-state index contributed by atoms with van der Waals surface area (Å²) >= 11 is 0. The molecule has 0 bridgehead atoms. The number of epoxide rings is 1. The Morgan fingerprint density at radius 1 is 1.03 bits per heavy atom. The van der Waals surface area contributed by atoms with Crippen molar-refractivity contribution in [3.8, 4) is 0 Å². The summed E-state index contributed by atoms with van der Waals surface area (Å²) in [7, 11) is 0. The highest BCUT2D eigenvalue weighted by atomic mass is 16.6. The van der Waals surface area contributed by atoms with Gasteiger partial charge in [0, 0.05) is 11.8 Å². The van der Waals surface area contributed by atoms with Crippen LogP contribution in [0.1, 0.15) is 104 Å². The van der Waals surface area contributed by atoms with Crippen molar-refractivity contribution >= 4 is 0 Å². The van der Waals surface area contributed by atoms with Crippen molar-refractivity contribution in [2.24, 2.45) is 28.6 Å². The van der Waals surface area contributed by atoms with Crippen molar-refractivity contribution in [3.63, 3.8) is 0 Å². The molecule has 0 amide bonds. The van der Waals surface area contributed by atoms with Crippen LogP contribution in [0, 0.1) is 28.6 Å². The van der Waals surface area contributed by atoms with Crippen LogP contribution >= 0.6 is 0 Å². The van der Waals surface area contributed by atoms with Crippen molar-refractivity contribution in [2.45, 2.75) is 128 Å². The monoisotopic (exact) mass is 416 g/mol. The number of aliphatic hydroxyl groups is 2. The third-order valence-corrected chi connectivity index (χ3v) is 10.3. The fourth-order valence-corrected chi connectivity index (χ4v) is 8.51. The van der Waals surface area contributed by atoms with Crippen LogP contribution in [0.5, 0.6) is 0 Å². The van der Waals surface area contributed by atoms with Crippen LogP contribution in [-0.4, -0.2) is 33.6 Å². The molecule has 8 atom stereocenters. The van der Waals surface area contributed by atoms with Gasteiger partial charge in [0.05, 0.1) is 23.4 Å². The lowest BCUT2D eigenvalue weighted by Gasteiger charge is -2.53. The fourth-order valence-electron chi connectivity index (χ4n) is 8.51. The molecule has 1 spiro atoms. The average Bonchev–Trinajstić information content (AvgIpc) is 3.16. The lowest BCUT2D eigenvalue weighted by atomic mass is 9.52. The summed E-state index contributed by atoms with van der Waals surface area (Å²) in [5.74, 6) is 2.19. The van der Waals surface area contributed by atoms with E-state index in [0.29, 0.717) is 23.9 Å². The second kappa shape index (κ2) is 7.06. The van der Waals surface area contributed by atoms with E-state index in [1.54, 1.807) is 0 Å². The summed E-state index contributed by atoms with van der Waals surface area (Å²) in [5.41, 5.74) is 1.70. The number of hydrogen-bond donors (Lipinski definition) is 2. The maximum atomic E-state index is 11.0. The molecule has 1 aliphatic heterocycles. The zero-order chi connectivity index (χ0) is 21.4. The van der Waals surface area contributed by atoms with Crippen molar-refractivity contribution in [3.05, 3.63) is 12.2 Å². The maximum Gasteiger partial charge on any atom is 0.0930 e. The average molecular weight is 417 g/mol. The van der Waals surface area contributed by atoms with Crippen LogP contribution in [0.15, 0.2) is 12.2 Å². The van der Waals surface area contributed by atoms with Gasteiger partial charge in [-0.1, -0.05) is 26.0 Å². The number of allylic oxidation sites excluding steroid dienone is 1. The molecule has 5 rings (SSSR count).